The summed E-state index contributed by atoms with van der Waals surface area (Å²) in [6, 6.07) is 16.5. The van der Waals surface area contributed by atoms with E-state index in [9.17, 15) is 23.6 Å². The third-order valence-electron chi connectivity index (χ3n) is 5.58. The molecule has 0 saturated heterocycles. The molecule has 2 N–H and O–H groups in total. The second-order valence-corrected chi connectivity index (χ2v) is 10.4. The lowest BCUT2D eigenvalue weighted by atomic mass is 10.2. The maximum Gasteiger partial charge on any atom is 0.304 e. The van der Waals surface area contributed by atoms with Gasteiger partial charge in [0, 0.05) is 4.47 Å². The first-order valence-electron chi connectivity index (χ1n) is 14.2. The van der Waals surface area contributed by atoms with Gasteiger partial charge in [-0.15, -0.1) is 0 Å². The number of halogens is 5. The minimum absolute atomic E-state index is 0.118. The summed E-state index contributed by atoms with van der Waals surface area (Å²) in [6.45, 7) is 4.94. The van der Waals surface area contributed by atoms with Crippen LogP contribution in [0.25, 0.3) is 32.7 Å². The molecule has 0 aliphatic rings. The number of aromatic nitrogens is 6. The average molecular weight is 786 g/mol. The number of carbonyl (C=O) groups is 2. The average Bonchev–Trinajstić information content (AvgIpc) is 3.07. The Bertz CT molecular complexity index is 2100. The van der Waals surface area contributed by atoms with Crippen LogP contribution in [0.5, 0.6) is 11.5 Å². The third kappa shape index (κ3) is 11.3. The number of fused-ring (bicyclic) bond motifs is 3. The number of aromatic amines is 2. The van der Waals surface area contributed by atoms with Crippen molar-refractivity contribution in [1.29, 1.82) is 0 Å². The van der Waals surface area contributed by atoms with Crippen LogP contribution in [0.1, 0.15) is 15.2 Å². The van der Waals surface area contributed by atoms with Crippen LogP contribution in [0.3, 0.4) is 0 Å². The van der Waals surface area contributed by atoms with E-state index in [2.05, 4.69) is 69.0 Å². The molecule has 0 fully saturated rings. The fraction of sp³-hybridized carbons (Fsp3) is 0.161. The summed E-state index contributed by atoms with van der Waals surface area (Å²) in [7, 11) is -1.00. The highest BCUT2D eigenvalue weighted by Crippen LogP contribution is 2.29. The van der Waals surface area contributed by atoms with Crippen LogP contribution in [-0.2, 0) is 9.59 Å². The van der Waals surface area contributed by atoms with Gasteiger partial charge in [0.1, 0.15) is 28.4 Å². The number of H-pyrrole nitrogens is 2. The van der Waals surface area contributed by atoms with E-state index in [0.29, 0.717) is 45.9 Å². The van der Waals surface area contributed by atoms with Crippen LogP contribution in [0, 0.1) is 0 Å². The lowest BCUT2D eigenvalue weighted by molar-refractivity contribution is -0.127. The first kappa shape index (κ1) is 38.0. The van der Waals surface area contributed by atoms with Crippen molar-refractivity contribution < 1.29 is 24.8 Å². The largest absolute Gasteiger partial charge is 0.493 e. The van der Waals surface area contributed by atoms with Gasteiger partial charge >= 0.3 is 10.5 Å². The minimum Gasteiger partial charge on any atom is -0.493 e. The molecule has 0 amide bonds. The Balaban J connectivity index is 0.000000228. The molecular weight excluding hydrogens is 758 g/mol. The maximum atomic E-state index is 11.5. The van der Waals surface area contributed by atoms with E-state index in [4.69, 9.17) is 22.4 Å². The smallest absolute Gasteiger partial charge is 0.304 e. The molecule has 0 atom stereocenters. The van der Waals surface area contributed by atoms with Crippen molar-refractivity contribution >= 4 is 93.9 Å². The Hall–Kier alpha value is -4.50. The summed E-state index contributed by atoms with van der Waals surface area (Å²) in [5.74, 6) is 1.31. The zero-order valence-electron chi connectivity index (χ0n) is 26.2. The summed E-state index contributed by atoms with van der Waals surface area (Å²) >= 11 is 18.2. The molecule has 3 aromatic heterocycles. The van der Waals surface area contributed by atoms with Gasteiger partial charge in [0.2, 0.25) is 0 Å². The van der Waals surface area contributed by atoms with Gasteiger partial charge in [-0.05, 0) is 89.4 Å². The number of benzene rings is 3. The Kier molecular flexibility index (Phi) is 16.3. The number of alkyl halides is 1. The molecule has 0 bridgehead atoms. The van der Waals surface area contributed by atoms with Crippen LogP contribution in [0.4, 0.5) is 4.39 Å². The fourth-order valence-corrected chi connectivity index (χ4v) is 4.53. The lowest BCUT2D eigenvalue weighted by Gasteiger charge is -2.06. The number of nitrogens with one attached hydrogen (secondary N) is 2. The number of rotatable bonds is 5. The highest BCUT2D eigenvalue weighted by Gasteiger charge is 2.07. The first-order chi connectivity index (χ1) is 23.5. The molecule has 0 unspecified atom stereocenters. The van der Waals surface area contributed by atoms with Crippen molar-refractivity contribution in [3.8, 4) is 11.5 Å². The lowest BCUT2D eigenvalue weighted by Crippen LogP contribution is -2.08. The standard InChI is InChI=1S/C10H9ClN2O.C10H10N2O2.C8H5BrN2O.C2Cl2O2.CH3F/c1-2-14-8-5-3-4-7-9(8)10(11)13-6-12-7;1-2-14-8-5-3-4-7-9(8)10(13)12-6-11-7;9-5-2-1-3-6-7(5)8(12)11-4-10-6;3-1(5)2(4)6;1-2/h3-6H,2H2,1H3;3-6H,2H2,1H3,(H,11,12,13);1-4H,(H,10,11,12);;1H3/i;;;;1D. The van der Waals surface area contributed by atoms with Gasteiger partial charge in [0.05, 0.1) is 61.7 Å². The van der Waals surface area contributed by atoms with Crippen LogP contribution in [0.2, 0.25) is 5.15 Å². The molecule has 3 aromatic carbocycles. The molecule has 3 heterocycles. The number of carbonyl (C=O) groups excluding carboxylic acids is 2. The number of hydrogen-bond donors (Lipinski definition) is 2. The van der Waals surface area contributed by atoms with Gasteiger partial charge in [0.25, 0.3) is 11.1 Å². The van der Waals surface area contributed by atoms with Gasteiger partial charge in [-0.1, -0.05) is 29.8 Å². The Morgan fingerprint density at radius 2 is 1.21 bits per heavy atom. The van der Waals surface area contributed by atoms with Gasteiger partial charge in [-0.3, -0.25) is 23.6 Å². The van der Waals surface area contributed by atoms with E-state index in [0.717, 1.165) is 21.1 Å². The van der Waals surface area contributed by atoms with Gasteiger partial charge in [-0.25, -0.2) is 19.9 Å². The topological polar surface area (TPSA) is 170 Å². The second-order valence-electron chi connectivity index (χ2n) is 8.48. The van der Waals surface area contributed by atoms with E-state index in [1.807, 2.05) is 50.2 Å². The van der Waals surface area contributed by atoms with E-state index < -0.39 is 17.6 Å². The van der Waals surface area contributed by atoms with Crippen molar-refractivity contribution in [3.63, 3.8) is 0 Å². The summed E-state index contributed by atoms with van der Waals surface area (Å²) in [6.07, 6.45) is 4.23. The van der Waals surface area contributed by atoms with E-state index in [1.165, 1.54) is 19.0 Å². The molecule has 48 heavy (non-hydrogen) atoms. The van der Waals surface area contributed by atoms with E-state index in [1.54, 1.807) is 18.2 Å². The van der Waals surface area contributed by atoms with Gasteiger partial charge in [0.15, 0.2) is 0 Å². The Morgan fingerprint density at radius 1 is 0.771 bits per heavy atom. The molecule has 6 rings (SSSR count). The first-order valence-corrected chi connectivity index (χ1v) is 15.4. The van der Waals surface area contributed by atoms with Gasteiger partial charge < -0.3 is 19.4 Å². The molecule has 252 valence electrons. The predicted molar refractivity (Wildman–Crippen MR) is 188 cm³/mol. The van der Waals surface area contributed by atoms with Crippen LogP contribution in [0.15, 0.2) is 87.6 Å². The van der Waals surface area contributed by atoms with E-state index >= 15 is 0 Å². The van der Waals surface area contributed by atoms with Crippen molar-refractivity contribution in [2.24, 2.45) is 0 Å². The quantitative estimate of drug-likeness (QED) is 0.108. The Morgan fingerprint density at radius 3 is 1.69 bits per heavy atom. The highest BCUT2D eigenvalue weighted by molar-refractivity contribution is 9.10. The zero-order valence-corrected chi connectivity index (χ0v) is 29.0. The number of nitrogens with zero attached hydrogens (tertiary/aromatic N) is 4. The molecular formula is C31H27BrCl3FN6O6. The monoisotopic (exact) mass is 783 g/mol. The summed E-state index contributed by atoms with van der Waals surface area (Å²) < 4.78 is 27.0. The minimum atomic E-state index is -1.14. The van der Waals surface area contributed by atoms with Crippen LogP contribution >= 0.6 is 50.7 Å². The molecule has 12 nitrogen and oxygen atoms in total. The molecule has 0 aliphatic heterocycles. The van der Waals surface area contributed by atoms with Crippen LogP contribution < -0.4 is 20.6 Å². The van der Waals surface area contributed by atoms with Crippen molar-refractivity contribution in [3.05, 3.63) is 104 Å². The van der Waals surface area contributed by atoms with Crippen molar-refractivity contribution in [2.45, 2.75) is 13.8 Å². The van der Waals surface area contributed by atoms with Crippen molar-refractivity contribution in [2.75, 3.05) is 20.4 Å². The summed E-state index contributed by atoms with van der Waals surface area (Å²) in [5, 5.41) is 0.0303. The van der Waals surface area contributed by atoms with E-state index in [-0.39, 0.29) is 11.1 Å². The highest BCUT2D eigenvalue weighted by atomic mass is 79.9. The molecule has 17 heteroatoms. The molecule has 0 spiro atoms. The third-order valence-corrected chi connectivity index (χ3v) is 6.97. The molecule has 0 saturated carbocycles. The predicted octanol–water partition coefficient (Wildman–Crippen LogP) is 6.79. The molecule has 0 aliphatic carbocycles. The number of hydrogen-bond acceptors (Lipinski definition) is 10. The fourth-order valence-electron chi connectivity index (χ4n) is 3.76. The van der Waals surface area contributed by atoms with Gasteiger partial charge in [-0.2, -0.15) is 0 Å². The SMILES string of the molecule is CCOc1cccc2nc[nH]c(=O)c12.CCOc1cccc2ncnc(Cl)c12.O=C(Cl)C(=O)Cl.O=c1[nH]cnc2cccc(Br)c12.[2H]CF. The zero-order chi connectivity index (χ0) is 36.3. The normalized spacial score (nSPS) is 10.0. The Labute approximate surface area is 297 Å². The summed E-state index contributed by atoms with van der Waals surface area (Å²) in [4.78, 5) is 62.8. The van der Waals surface area contributed by atoms with Crippen LogP contribution in [-0.4, -0.2) is 60.8 Å². The number of ether oxygens (including phenoxy) is 2. The van der Waals surface area contributed by atoms with Crippen molar-refractivity contribution in [1.82, 2.24) is 29.9 Å². The maximum absolute atomic E-state index is 11.5. The molecule has 6 aromatic rings. The molecule has 0 radical (unpaired) electrons. The second kappa shape index (κ2) is 20.7. The summed E-state index contributed by atoms with van der Waals surface area (Å²) in [5.41, 5.74) is 1.87.